The zero-order valence-electron chi connectivity index (χ0n) is 17.8. The third-order valence-electron chi connectivity index (χ3n) is 4.75. The number of ether oxygens (including phenoxy) is 2. The van der Waals surface area contributed by atoms with Gasteiger partial charge in [0.2, 0.25) is 15.9 Å². The van der Waals surface area contributed by atoms with E-state index in [1.165, 1.54) is 38.5 Å². The van der Waals surface area contributed by atoms with Crippen LogP contribution in [0, 0.1) is 0 Å². The SMILES string of the molecule is COc1ccc(S(=O)(=O)NC(Cc2ccccc2)C(=O)Nc2ccc(Cl)c(Cl)c2)cc1OC. The summed E-state index contributed by atoms with van der Waals surface area (Å²) in [4.78, 5) is 13.0. The molecule has 10 heteroatoms. The van der Waals surface area contributed by atoms with E-state index in [0.717, 1.165) is 5.56 Å². The predicted octanol–water partition coefficient (Wildman–Crippen LogP) is 4.54. The van der Waals surface area contributed by atoms with Gasteiger partial charge in [0.1, 0.15) is 6.04 Å². The minimum absolute atomic E-state index is 0.0689. The number of hydrogen-bond acceptors (Lipinski definition) is 5. The largest absolute Gasteiger partial charge is 0.493 e. The molecular formula is C23H22Cl2N2O5S. The number of sulfonamides is 1. The van der Waals surface area contributed by atoms with Crippen LogP contribution < -0.4 is 19.5 Å². The van der Waals surface area contributed by atoms with Crippen molar-refractivity contribution in [2.24, 2.45) is 0 Å². The summed E-state index contributed by atoms with van der Waals surface area (Å²) in [6, 6.07) is 16.8. The van der Waals surface area contributed by atoms with Gasteiger partial charge in [0.15, 0.2) is 11.5 Å². The molecule has 0 bridgehead atoms. The van der Waals surface area contributed by atoms with Crippen LogP contribution in [0.5, 0.6) is 11.5 Å². The highest BCUT2D eigenvalue weighted by atomic mass is 35.5. The lowest BCUT2D eigenvalue weighted by Crippen LogP contribution is -2.45. The summed E-state index contributed by atoms with van der Waals surface area (Å²) in [5, 5.41) is 3.29. The van der Waals surface area contributed by atoms with Crippen molar-refractivity contribution in [2.75, 3.05) is 19.5 Å². The summed E-state index contributed by atoms with van der Waals surface area (Å²) in [6.07, 6.45) is 0.126. The molecule has 0 aliphatic heterocycles. The van der Waals surface area contributed by atoms with Gasteiger partial charge in [-0.3, -0.25) is 4.79 Å². The van der Waals surface area contributed by atoms with Crippen molar-refractivity contribution in [1.82, 2.24) is 4.72 Å². The number of benzene rings is 3. The molecular weight excluding hydrogens is 487 g/mol. The van der Waals surface area contributed by atoms with E-state index < -0.39 is 22.0 Å². The summed E-state index contributed by atoms with van der Waals surface area (Å²) in [5.74, 6) is 0.0798. The molecule has 0 spiro atoms. The third-order valence-corrected chi connectivity index (χ3v) is 6.96. The van der Waals surface area contributed by atoms with Gasteiger partial charge in [-0.2, -0.15) is 4.72 Å². The highest BCUT2D eigenvalue weighted by Gasteiger charge is 2.27. The van der Waals surface area contributed by atoms with Gasteiger partial charge in [0, 0.05) is 11.8 Å². The molecule has 2 N–H and O–H groups in total. The van der Waals surface area contributed by atoms with Crippen LogP contribution in [0.2, 0.25) is 10.0 Å². The molecule has 0 saturated carbocycles. The first kappa shape index (κ1) is 24.9. The van der Waals surface area contributed by atoms with Crippen molar-refractivity contribution < 1.29 is 22.7 Å². The fraction of sp³-hybridized carbons (Fsp3) is 0.174. The maximum Gasteiger partial charge on any atom is 0.242 e. The number of hydrogen-bond donors (Lipinski definition) is 2. The van der Waals surface area contributed by atoms with Crippen molar-refractivity contribution in [3.8, 4) is 11.5 Å². The average Bonchev–Trinajstić information content (AvgIpc) is 2.81. The first-order valence-electron chi connectivity index (χ1n) is 9.77. The standard InChI is InChI=1S/C23H22Cl2N2O5S/c1-31-21-11-9-17(14-22(21)32-2)33(29,30)27-20(12-15-6-4-3-5-7-15)23(28)26-16-8-10-18(24)19(25)13-16/h3-11,13-14,20,27H,12H2,1-2H3,(H,26,28). The van der Waals surface area contributed by atoms with Crippen molar-refractivity contribution in [3.63, 3.8) is 0 Å². The van der Waals surface area contributed by atoms with Crippen LogP contribution in [0.1, 0.15) is 5.56 Å². The Balaban J connectivity index is 1.90. The monoisotopic (exact) mass is 508 g/mol. The molecule has 33 heavy (non-hydrogen) atoms. The van der Waals surface area contributed by atoms with Crippen molar-refractivity contribution in [3.05, 3.63) is 82.3 Å². The number of carbonyl (C=O) groups excluding carboxylic acids is 1. The summed E-state index contributed by atoms with van der Waals surface area (Å²) in [5.41, 5.74) is 1.17. The second kappa shape index (κ2) is 10.9. The predicted molar refractivity (Wildman–Crippen MR) is 129 cm³/mol. The van der Waals surface area contributed by atoms with Gasteiger partial charge in [-0.1, -0.05) is 53.5 Å². The Hall–Kier alpha value is -2.78. The lowest BCUT2D eigenvalue weighted by atomic mass is 10.1. The highest BCUT2D eigenvalue weighted by molar-refractivity contribution is 7.89. The van der Waals surface area contributed by atoms with E-state index in [-0.39, 0.29) is 22.1 Å². The van der Waals surface area contributed by atoms with Crippen LogP contribution in [0.15, 0.2) is 71.6 Å². The number of amides is 1. The quantitative estimate of drug-likeness (QED) is 0.442. The molecule has 3 aromatic rings. The summed E-state index contributed by atoms with van der Waals surface area (Å²) in [6.45, 7) is 0. The Kier molecular flexibility index (Phi) is 8.20. The van der Waals surface area contributed by atoms with Gasteiger partial charge in [0.05, 0.1) is 29.2 Å². The molecule has 1 unspecified atom stereocenters. The Morgan fingerprint density at radius 3 is 2.24 bits per heavy atom. The van der Waals surface area contributed by atoms with Crippen LogP contribution in [-0.2, 0) is 21.2 Å². The van der Waals surface area contributed by atoms with Gasteiger partial charge >= 0.3 is 0 Å². The zero-order chi connectivity index (χ0) is 24.0. The fourth-order valence-electron chi connectivity index (χ4n) is 3.08. The zero-order valence-corrected chi connectivity index (χ0v) is 20.2. The molecule has 3 rings (SSSR count). The molecule has 0 saturated heterocycles. The second-order valence-electron chi connectivity index (χ2n) is 7.00. The Morgan fingerprint density at radius 1 is 0.909 bits per heavy atom. The van der Waals surface area contributed by atoms with Crippen LogP contribution in [0.25, 0.3) is 0 Å². The average molecular weight is 509 g/mol. The Labute approximate surface area is 202 Å². The van der Waals surface area contributed by atoms with Crippen molar-refractivity contribution >= 4 is 44.8 Å². The van der Waals surface area contributed by atoms with Crippen LogP contribution >= 0.6 is 23.2 Å². The normalized spacial score (nSPS) is 12.1. The van der Waals surface area contributed by atoms with Gasteiger partial charge in [-0.15, -0.1) is 0 Å². The number of methoxy groups -OCH3 is 2. The van der Waals surface area contributed by atoms with E-state index in [2.05, 4.69) is 10.0 Å². The Bertz CT molecular complexity index is 1240. The molecule has 7 nitrogen and oxygen atoms in total. The second-order valence-corrected chi connectivity index (χ2v) is 9.53. The molecule has 0 heterocycles. The van der Waals surface area contributed by atoms with E-state index in [0.29, 0.717) is 16.5 Å². The van der Waals surface area contributed by atoms with E-state index in [1.54, 1.807) is 12.1 Å². The highest BCUT2D eigenvalue weighted by Crippen LogP contribution is 2.29. The smallest absolute Gasteiger partial charge is 0.242 e. The molecule has 0 aromatic heterocycles. The van der Waals surface area contributed by atoms with Gasteiger partial charge in [0.25, 0.3) is 0 Å². The number of carbonyl (C=O) groups is 1. The number of nitrogens with one attached hydrogen (secondary N) is 2. The van der Waals surface area contributed by atoms with E-state index in [1.807, 2.05) is 30.3 Å². The minimum Gasteiger partial charge on any atom is -0.493 e. The summed E-state index contributed by atoms with van der Waals surface area (Å²) < 4.78 is 39.1. The summed E-state index contributed by atoms with van der Waals surface area (Å²) >= 11 is 12.0. The topological polar surface area (TPSA) is 93.7 Å². The third kappa shape index (κ3) is 6.39. The van der Waals surface area contributed by atoms with E-state index in [9.17, 15) is 13.2 Å². The van der Waals surface area contributed by atoms with E-state index in [4.69, 9.17) is 32.7 Å². The van der Waals surface area contributed by atoms with Crippen LogP contribution in [-0.4, -0.2) is 34.6 Å². The maximum atomic E-state index is 13.1. The molecule has 174 valence electrons. The lowest BCUT2D eigenvalue weighted by molar-refractivity contribution is -0.117. The first-order valence-corrected chi connectivity index (χ1v) is 12.0. The molecule has 3 aromatic carbocycles. The molecule has 0 radical (unpaired) electrons. The number of rotatable bonds is 9. The molecule has 1 atom stereocenters. The number of anilines is 1. The molecule has 0 aliphatic carbocycles. The fourth-order valence-corrected chi connectivity index (χ4v) is 4.59. The molecule has 1 amide bonds. The minimum atomic E-state index is -4.08. The van der Waals surface area contributed by atoms with Gasteiger partial charge in [-0.25, -0.2) is 8.42 Å². The van der Waals surface area contributed by atoms with Gasteiger partial charge in [-0.05, 0) is 42.3 Å². The molecule has 0 aliphatic rings. The maximum absolute atomic E-state index is 13.1. The Morgan fingerprint density at radius 2 is 1.61 bits per heavy atom. The number of halogens is 2. The van der Waals surface area contributed by atoms with Crippen molar-refractivity contribution in [2.45, 2.75) is 17.4 Å². The first-order chi connectivity index (χ1) is 15.7. The van der Waals surface area contributed by atoms with Crippen LogP contribution in [0.4, 0.5) is 5.69 Å². The lowest BCUT2D eigenvalue weighted by Gasteiger charge is -2.19. The van der Waals surface area contributed by atoms with Crippen LogP contribution in [0.3, 0.4) is 0 Å². The van der Waals surface area contributed by atoms with E-state index >= 15 is 0 Å². The molecule has 0 fully saturated rings. The van der Waals surface area contributed by atoms with Gasteiger partial charge < -0.3 is 14.8 Å². The summed E-state index contributed by atoms with van der Waals surface area (Å²) in [7, 11) is -1.22. The van der Waals surface area contributed by atoms with Crippen molar-refractivity contribution in [1.29, 1.82) is 0 Å².